The van der Waals surface area contributed by atoms with Gasteiger partial charge in [-0.05, 0) is 31.0 Å². The van der Waals surface area contributed by atoms with E-state index in [0.29, 0.717) is 24.8 Å². The zero-order valence-corrected chi connectivity index (χ0v) is 14.1. The lowest BCUT2D eigenvalue weighted by Crippen LogP contribution is -2.45. The molecule has 0 spiro atoms. The third-order valence-corrected chi connectivity index (χ3v) is 4.21. The molecule has 0 unspecified atom stereocenters. The summed E-state index contributed by atoms with van der Waals surface area (Å²) in [4.78, 5) is 24.8. The Morgan fingerprint density at radius 3 is 2.92 bits per heavy atom. The molecule has 132 valence electrons. The van der Waals surface area contributed by atoms with Gasteiger partial charge in [0.15, 0.2) is 0 Å². The van der Waals surface area contributed by atoms with Gasteiger partial charge in [-0.1, -0.05) is 6.07 Å². The van der Waals surface area contributed by atoms with Crippen molar-refractivity contribution in [2.24, 2.45) is 0 Å². The average Bonchev–Trinajstić information content (AvgIpc) is 3.11. The average molecular weight is 344 g/mol. The molecule has 0 aliphatic carbocycles. The first-order valence-corrected chi connectivity index (χ1v) is 8.32. The molecule has 0 N–H and O–H groups in total. The summed E-state index contributed by atoms with van der Waals surface area (Å²) in [5.41, 5.74) is 0. The fourth-order valence-corrected chi connectivity index (χ4v) is 2.92. The van der Waals surface area contributed by atoms with E-state index in [4.69, 9.17) is 4.74 Å². The summed E-state index contributed by atoms with van der Waals surface area (Å²) in [7, 11) is 1.75. The monoisotopic (exact) mass is 344 g/mol. The van der Waals surface area contributed by atoms with Gasteiger partial charge in [0.2, 0.25) is 11.9 Å². The van der Waals surface area contributed by atoms with Gasteiger partial charge in [-0.2, -0.15) is 0 Å². The minimum atomic E-state index is -0.341. The predicted molar refractivity (Wildman–Crippen MR) is 91.9 cm³/mol. The molecule has 0 radical (unpaired) electrons. The van der Waals surface area contributed by atoms with Gasteiger partial charge in [-0.15, -0.1) is 0 Å². The van der Waals surface area contributed by atoms with Crippen LogP contribution in [0.3, 0.4) is 0 Å². The first kappa shape index (κ1) is 17.1. The number of halogens is 1. The van der Waals surface area contributed by atoms with Crippen LogP contribution in [-0.4, -0.2) is 53.6 Å². The highest BCUT2D eigenvalue weighted by Gasteiger charge is 2.34. The lowest BCUT2D eigenvalue weighted by molar-refractivity contribution is -0.131. The molecular weight excluding hydrogens is 323 g/mol. The SMILES string of the molecule is CN(CCOc1cccc(F)c1)C(=O)[C@@H]1CCCN1c1ncccn1. The molecule has 1 aliphatic heterocycles. The zero-order chi connectivity index (χ0) is 17.6. The van der Waals surface area contributed by atoms with Crippen molar-refractivity contribution >= 4 is 11.9 Å². The van der Waals surface area contributed by atoms with Gasteiger partial charge in [-0.3, -0.25) is 4.79 Å². The minimum absolute atomic E-state index is 0.0211. The number of amides is 1. The number of aromatic nitrogens is 2. The maximum Gasteiger partial charge on any atom is 0.245 e. The highest BCUT2D eigenvalue weighted by Crippen LogP contribution is 2.23. The Morgan fingerprint density at radius 1 is 1.36 bits per heavy atom. The smallest absolute Gasteiger partial charge is 0.245 e. The van der Waals surface area contributed by atoms with E-state index in [1.54, 1.807) is 42.5 Å². The van der Waals surface area contributed by atoms with Crippen molar-refractivity contribution in [3.8, 4) is 5.75 Å². The van der Waals surface area contributed by atoms with E-state index in [9.17, 15) is 9.18 Å². The number of anilines is 1. The zero-order valence-electron chi connectivity index (χ0n) is 14.1. The highest BCUT2D eigenvalue weighted by molar-refractivity contribution is 5.85. The van der Waals surface area contributed by atoms with Crippen LogP contribution in [0.1, 0.15) is 12.8 Å². The molecule has 2 aromatic rings. The molecule has 1 amide bonds. The largest absolute Gasteiger partial charge is 0.492 e. The molecular formula is C18H21FN4O2. The Balaban J connectivity index is 1.54. The van der Waals surface area contributed by atoms with Gasteiger partial charge in [0.1, 0.15) is 24.2 Å². The number of benzene rings is 1. The van der Waals surface area contributed by atoms with E-state index in [1.807, 2.05) is 4.90 Å². The van der Waals surface area contributed by atoms with Crippen molar-refractivity contribution < 1.29 is 13.9 Å². The van der Waals surface area contributed by atoms with Crippen molar-refractivity contribution in [3.63, 3.8) is 0 Å². The van der Waals surface area contributed by atoms with Crippen LogP contribution in [0.4, 0.5) is 10.3 Å². The first-order chi connectivity index (χ1) is 12.1. The van der Waals surface area contributed by atoms with Gasteiger partial charge < -0.3 is 14.5 Å². The van der Waals surface area contributed by atoms with Crippen molar-refractivity contribution in [2.45, 2.75) is 18.9 Å². The lowest BCUT2D eigenvalue weighted by atomic mass is 10.2. The van der Waals surface area contributed by atoms with E-state index < -0.39 is 0 Å². The third-order valence-electron chi connectivity index (χ3n) is 4.21. The second-order valence-electron chi connectivity index (χ2n) is 5.97. The summed E-state index contributed by atoms with van der Waals surface area (Å²) in [6.07, 6.45) is 5.08. The predicted octanol–water partition coefficient (Wildman–Crippen LogP) is 2.12. The van der Waals surface area contributed by atoms with Crippen molar-refractivity contribution in [1.82, 2.24) is 14.9 Å². The Labute approximate surface area is 146 Å². The van der Waals surface area contributed by atoms with Crippen LogP contribution in [0.5, 0.6) is 5.75 Å². The molecule has 2 heterocycles. The summed E-state index contributed by atoms with van der Waals surface area (Å²) in [6.45, 7) is 1.50. The van der Waals surface area contributed by atoms with E-state index in [-0.39, 0.29) is 17.8 Å². The van der Waals surface area contributed by atoms with Crippen LogP contribution in [0.15, 0.2) is 42.7 Å². The summed E-state index contributed by atoms with van der Waals surface area (Å²) in [5, 5.41) is 0. The number of carbonyl (C=O) groups excluding carboxylic acids is 1. The molecule has 1 fully saturated rings. The number of rotatable bonds is 6. The Morgan fingerprint density at radius 2 is 2.16 bits per heavy atom. The number of nitrogens with zero attached hydrogens (tertiary/aromatic N) is 4. The third kappa shape index (κ3) is 4.23. The van der Waals surface area contributed by atoms with Gasteiger partial charge in [-0.25, -0.2) is 14.4 Å². The standard InChI is InChI=1S/C18H21FN4O2/c1-22(11-12-25-15-6-2-5-14(19)13-15)17(24)16-7-3-10-23(16)18-20-8-4-9-21-18/h2,4-6,8-9,13,16H,3,7,10-12H2,1H3/t16-/m0/s1. The normalized spacial score (nSPS) is 16.7. The quantitative estimate of drug-likeness (QED) is 0.803. The van der Waals surface area contributed by atoms with Crippen LogP contribution < -0.4 is 9.64 Å². The molecule has 25 heavy (non-hydrogen) atoms. The molecule has 0 saturated carbocycles. The second-order valence-corrected chi connectivity index (χ2v) is 5.97. The van der Waals surface area contributed by atoms with Crippen molar-refractivity contribution in [1.29, 1.82) is 0 Å². The molecule has 1 atom stereocenters. The van der Waals surface area contributed by atoms with Crippen LogP contribution in [0, 0.1) is 5.82 Å². The molecule has 6 nitrogen and oxygen atoms in total. The molecule has 7 heteroatoms. The van der Waals surface area contributed by atoms with Crippen molar-refractivity contribution in [3.05, 3.63) is 48.5 Å². The Hall–Kier alpha value is -2.70. The minimum Gasteiger partial charge on any atom is -0.492 e. The highest BCUT2D eigenvalue weighted by atomic mass is 19.1. The number of hydrogen-bond acceptors (Lipinski definition) is 5. The second kappa shape index (κ2) is 7.92. The van der Waals surface area contributed by atoms with E-state index in [1.165, 1.54) is 12.1 Å². The first-order valence-electron chi connectivity index (χ1n) is 8.32. The molecule has 1 aromatic heterocycles. The van der Waals surface area contributed by atoms with E-state index in [0.717, 1.165) is 19.4 Å². The van der Waals surface area contributed by atoms with Crippen LogP contribution >= 0.6 is 0 Å². The molecule has 0 bridgehead atoms. The molecule has 1 aliphatic rings. The number of likely N-dealkylation sites (N-methyl/N-ethyl adjacent to an activating group) is 1. The molecule has 1 aromatic carbocycles. The fourth-order valence-electron chi connectivity index (χ4n) is 2.92. The number of ether oxygens (including phenoxy) is 1. The molecule has 1 saturated heterocycles. The van der Waals surface area contributed by atoms with Crippen LogP contribution in [0.2, 0.25) is 0 Å². The number of hydrogen-bond donors (Lipinski definition) is 0. The maximum atomic E-state index is 13.1. The van der Waals surface area contributed by atoms with Gasteiger partial charge in [0.05, 0.1) is 6.54 Å². The van der Waals surface area contributed by atoms with Gasteiger partial charge in [0, 0.05) is 32.1 Å². The lowest BCUT2D eigenvalue weighted by Gasteiger charge is -2.27. The summed E-state index contributed by atoms with van der Waals surface area (Å²) >= 11 is 0. The van der Waals surface area contributed by atoms with Gasteiger partial charge in [0.25, 0.3) is 0 Å². The summed E-state index contributed by atoms with van der Waals surface area (Å²) < 4.78 is 18.6. The number of carbonyl (C=O) groups is 1. The van der Waals surface area contributed by atoms with Crippen LogP contribution in [0.25, 0.3) is 0 Å². The Bertz CT molecular complexity index is 713. The maximum absolute atomic E-state index is 13.1. The molecule has 3 rings (SSSR count). The topological polar surface area (TPSA) is 58.6 Å². The van der Waals surface area contributed by atoms with Crippen molar-refractivity contribution in [2.75, 3.05) is 31.6 Å². The summed E-state index contributed by atoms with van der Waals surface area (Å²) in [5.74, 6) is 0.725. The van der Waals surface area contributed by atoms with Gasteiger partial charge >= 0.3 is 0 Å². The Kier molecular flexibility index (Phi) is 5.42. The van der Waals surface area contributed by atoms with E-state index in [2.05, 4.69) is 9.97 Å². The van der Waals surface area contributed by atoms with Crippen LogP contribution in [-0.2, 0) is 4.79 Å². The summed E-state index contributed by atoms with van der Waals surface area (Å²) in [6, 6.07) is 7.48. The van der Waals surface area contributed by atoms with E-state index >= 15 is 0 Å². The fraction of sp³-hybridized carbons (Fsp3) is 0.389.